The van der Waals surface area contributed by atoms with E-state index in [1.807, 2.05) is 0 Å². The maximum absolute atomic E-state index is 13.2. The molecule has 14 heteroatoms. The largest absolute Gasteiger partial charge is 0.422 e. The van der Waals surface area contributed by atoms with Gasteiger partial charge < -0.3 is 0 Å². The second kappa shape index (κ2) is 6.90. The molecular formula is C12H2Cl2F6N4OS. The van der Waals surface area contributed by atoms with Crippen molar-refractivity contribution in [3.05, 3.63) is 39.0 Å². The highest BCUT2D eigenvalue weighted by molar-refractivity contribution is 7.54. The van der Waals surface area contributed by atoms with E-state index in [0.717, 1.165) is 0 Å². The molecule has 2 aromatic rings. The monoisotopic (exact) mass is 434 g/mol. The summed E-state index contributed by atoms with van der Waals surface area (Å²) in [4.78, 5) is 0. The minimum Gasteiger partial charge on any atom is -0.209 e. The predicted molar refractivity (Wildman–Crippen MR) is 78.5 cm³/mol. The Kier molecular flexibility index (Phi) is 5.36. The Morgan fingerprint density at radius 1 is 1.12 bits per heavy atom. The number of rotatable bonds is 2. The second-order valence-corrected chi connectivity index (χ2v) is 5.67. The molecule has 2 rings (SSSR count). The molecule has 0 bridgehead atoms. The molecule has 0 aliphatic heterocycles. The van der Waals surface area contributed by atoms with Crippen molar-refractivity contribution in [1.29, 1.82) is 5.26 Å². The molecule has 0 unspecified atom stereocenters. The van der Waals surface area contributed by atoms with Crippen LogP contribution in [-0.4, -0.2) is 14.0 Å². The molecule has 0 N–H and O–H groups in total. The maximum atomic E-state index is 13.2. The Morgan fingerprint density at radius 3 is 2.04 bits per heavy atom. The molecule has 138 valence electrons. The molecule has 0 spiro atoms. The van der Waals surface area contributed by atoms with Crippen molar-refractivity contribution in [1.82, 2.24) is 9.78 Å². The van der Waals surface area contributed by atoms with Crippen LogP contribution in [-0.2, 0) is 23.8 Å². The first-order valence-electron chi connectivity index (χ1n) is 6.08. The molecule has 0 atom stereocenters. The number of nitrogens with zero attached hydrogens (tertiary/aromatic N) is 4. The SMILES string of the molecule is N#Cc1nn(-c2c(Cl)cc(C(F)(F)F)cc2Cl)c(N=S=O)c1C(F)(F)F. The van der Waals surface area contributed by atoms with Crippen LogP contribution in [0.3, 0.4) is 0 Å². The van der Waals surface area contributed by atoms with E-state index in [1.54, 1.807) is 0 Å². The van der Waals surface area contributed by atoms with Gasteiger partial charge >= 0.3 is 12.4 Å². The summed E-state index contributed by atoms with van der Waals surface area (Å²) < 4.78 is 91.8. The Balaban J connectivity index is 2.88. The summed E-state index contributed by atoms with van der Waals surface area (Å²) in [6.45, 7) is 0. The fraction of sp³-hybridized carbons (Fsp3) is 0.167. The van der Waals surface area contributed by atoms with Gasteiger partial charge in [0.2, 0.25) is 11.5 Å². The number of hydrogen-bond acceptors (Lipinski definition) is 4. The van der Waals surface area contributed by atoms with Crippen LogP contribution in [0.5, 0.6) is 0 Å². The average Bonchev–Trinajstić information content (AvgIpc) is 2.84. The third-order valence-corrected chi connectivity index (χ3v) is 3.75. The molecule has 1 aromatic heterocycles. The molecule has 0 aliphatic carbocycles. The van der Waals surface area contributed by atoms with E-state index in [0.29, 0.717) is 16.8 Å². The van der Waals surface area contributed by atoms with Gasteiger partial charge in [-0.25, -0.2) is 4.68 Å². The second-order valence-electron chi connectivity index (χ2n) is 4.52. The van der Waals surface area contributed by atoms with Crippen molar-refractivity contribution in [3.63, 3.8) is 0 Å². The van der Waals surface area contributed by atoms with Gasteiger partial charge in [0.05, 0.1) is 15.6 Å². The standard InChI is InChI=1S/C12H2Cl2F6N4OS/c13-5-1-4(11(15,16)17)2-6(14)9(5)24-10(23-26-25)8(12(18,19)20)7(3-21)22-24/h1-2H. The Hall–Kier alpha value is -2.10. The van der Waals surface area contributed by atoms with Crippen LogP contribution >= 0.6 is 23.2 Å². The molecule has 5 nitrogen and oxygen atoms in total. The van der Waals surface area contributed by atoms with E-state index in [-0.39, 0.29) is 0 Å². The summed E-state index contributed by atoms with van der Waals surface area (Å²) in [5.74, 6) is -1.13. The van der Waals surface area contributed by atoms with Crippen LogP contribution in [0.4, 0.5) is 32.2 Å². The Bertz CT molecular complexity index is 949. The number of benzene rings is 1. The first kappa shape index (κ1) is 20.2. The van der Waals surface area contributed by atoms with Gasteiger partial charge in [0.15, 0.2) is 11.5 Å². The van der Waals surface area contributed by atoms with Crippen molar-refractivity contribution in [2.24, 2.45) is 4.36 Å². The van der Waals surface area contributed by atoms with Crippen LogP contribution in [0.2, 0.25) is 10.0 Å². The summed E-state index contributed by atoms with van der Waals surface area (Å²) in [5.41, 5.74) is -4.65. The van der Waals surface area contributed by atoms with E-state index in [2.05, 4.69) is 9.46 Å². The zero-order valence-corrected chi connectivity index (χ0v) is 14.1. The zero-order chi connectivity index (χ0) is 19.9. The smallest absolute Gasteiger partial charge is 0.209 e. The van der Waals surface area contributed by atoms with Crippen LogP contribution in [0.25, 0.3) is 5.69 Å². The molecule has 0 radical (unpaired) electrons. The van der Waals surface area contributed by atoms with Crippen LogP contribution < -0.4 is 0 Å². The van der Waals surface area contributed by atoms with E-state index in [9.17, 15) is 30.6 Å². The third-order valence-electron chi connectivity index (χ3n) is 2.93. The number of nitriles is 1. The lowest BCUT2D eigenvalue weighted by Crippen LogP contribution is -2.08. The molecule has 0 aliphatic rings. The van der Waals surface area contributed by atoms with E-state index in [1.165, 1.54) is 6.07 Å². The summed E-state index contributed by atoms with van der Waals surface area (Å²) in [5, 5.41) is 10.8. The van der Waals surface area contributed by atoms with Gasteiger partial charge in [0.25, 0.3) is 0 Å². The molecule has 0 saturated heterocycles. The third kappa shape index (κ3) is 3.69. The Morgan fingerprint density at radius 2 is 1.65 bits per heavy atom. The summed E-state index contributed by atoms with van der Waals surface area (Å²) in [7, 11) is 0. The van der Waals surface area contributed by atoms with Crippen LogP contribution in [0.1, 0.15) is 16.8 Å². The highest BCUT2D eigenvalue weighted by Crippen LogP contribution is 2.43. The molecule has 26 heavy (non-hydrogen) atoms. The highest BCUT2D eigenvalue weighted by atomic mass is 35.5. The van der Waals surface area contributed by atoms with E-state index < -0.39 is 62.2 Å². The first-order chi connectivity index (χ1) is 11.9. The highest BCUT2D eigenvalue weighted by Gasteiger charge is 2.42. The Labute approximate surface area is 154 Å². The average molecular weight is 435 g/mol. The van der Waals surface area contributed by atoms with E-state index in [4.69, 9.17) is 28.5 Å². The predicted octanol–water partition coefficient (Wildman–Crippen LogP) is 5.12. The molecule has 1 heterocycles. The van der Waals surface area contributed by atoms with Crippen molar-refractivity contribution >= 4 is 40.5 Å². The maximum Gasteiger partial charge on any atom is 0.422 e. The molecule has 0 amide bonds. The summed E-state index contributed by atoms with van der Waals surface area (Å²) in [6, 6.07) is 2.01. The normalized spacial score (nSPS) is 12.0. The topological polar surface area (TPSA) is 71.0 Å². The van der Waals surface area contributed by atoms with Gasteiger partial charge in [-0.1, -0.05) is 23.2 Å². The van der Waals surface area contributed by atoms with Gasteiger partial charge in [-0.2, -0.15) is 40.9 Å². The number of halogens is 8. The fourth-order valence-electron chi connectivity index (χ4n) is 1.96. The zero-order valence-electron chi connectivity index (χ0n) is 11.8. The summed E-state index contributed by atoms with van der Waals surface area (Å²) in [6.07, 6.45) is -9.94. The number of hydrogen-bond donors (Lipinski definition) is 0. The molecule has 1 aromatic carbocycles. The first-order valence-corrected chi connectivity index (χ1v) is 7.54. The van der Waals surface area contributed by atoms with Gasteiger partial charge in [-0.05, 0) is 12.1 Å². The van der Waals surface area contributed by atoms with Gasteiger partial charge in [-0.15, -0.1) is 4.36 Å². The molecular weight excluding hydrogens is 433 g/mol. The quantitative estimate of drug-likeness (QED) is 0.616. The van der Waals surface area contributed by atoms with Crippen molar-refractivity contribution in [2.45, 2.75) is 12.4 Å². The minimum absolute atomic E-state index is 0.303. The lowest BCUT2D eigenvalue weighted by molar-refractivity contribution is -0.138. The van der Waals surface area contributed by atoms with Crippen LogP contribution in [0.15, 0.2) is 16.5 Å². The van der Waals surface area contributed by atoms with Gasteiger partial charge in [-0.3, -0.25) is 0 Å². The van der Waals surface area contributed by atoms with E-state index >= 15 is 0 Å². The van der Waals surface area contributed by atoms with Gasteiger partial charge in [0.1, 0.15) is 17.3 Å². The van der Waals surface area contributed by atoms with Crippen molar-refractivity contribution < 1.29 is 30.6 Å². The number of aromatic nitrogens is 2. The fourth-order valence-corrected chi connectivity index (χ4v) is 2.84. The van der Waals surface area contributed by atoms with Gasteiger partial charge in [0, 0.05) is 0 Å². The van der Waals surface area contributed by atoms with Crippen molar-refractivity contribution in [2.75, 3.05) is 0 Å². The molecule has 0 saturated carbocycles. The lowest BCUT2D eigenvalue weighted by Gasteiger charge is -2.13. The number of alkyl halides is 6. The van der Waals surface area contributed by atoms with Crippen LogP contribution in [0, 0.1) is 11.3 Å². The van der Waals surface area contributed by atoms with Crippen molar-refractivity contribution in [3.8, 4) is 11.8 Å². The minimum atomic E-state index is -5.12. The molecule has 0 fully saturated rings. The lowest BCUT2D eigenvalue weighted by atomic mass is 10.2. The summed E-state index contributed by atoms with van der Waals surface area (Å²) >= 11 is 10.8.